The summed E-state index contributed by atoms with van der Waals surface area (Å²) in [4.78, 5) is 26.0. The fourth-order valence-corrected chi connectivity index (χ4v) is 5.74. The van der Waals surface area contributed by atoms with Crippen LogP contribution in [0.15, 0.2) is 11.0 Å². The Labute approximate surface area is 192 Å². The van der Waals surface area contributed by atoms with Gasteiger partial charge in [-0.05, 0) is 56.0 Å². The quantitative estimate of drug-likeness (QED) is 0.536. The largest absolute Gasteiger partial charge is 0.384 e. The molecule has 3 heterocycles. The number of rotatable bonds is 9. The van der Waals surface area contributed by atoms with Crippen LogP contribution in [-0.4, -0.2) is 71.3 Å². The van der Waals surface area contributed by atoms with Crippen LogP contribution in [0.1, 0.15) is 38.6 Å². The molecule has 1 atom stereocenters. The lowest BCUT2D eigenvalue weighted by Gasteiger charge is -2.31. The summed E-state index contributed by atoms with van der Waals surface area (Å²) in [5.41, 5.74) is 0.754. The Kier molecular flexibility index (Phi) is 6.99. The first kappa shape index (κ1) is 23.3. The Morgan fingerprint density at radius 2 is 1.97 bits per heavy atom. The summed E-state index contributed by atoms with van der Waals surface area (Å²) in [5.74, 6) is 0.963. The number of halogens is 1. The van der Waals surface area contributed by atoms with Crippen LogP contribution in [0.4, 0.5) is 5.82 Å². The maximum Gasteiger partial charge on any atom is 0.295 e. The van der Waals surface area contributed by atoms with E-state index in [0.29, 0.717) is 36.7 Å². The molecule has 0 amide bonds. The van der Waals surface area contributed by atoms with Gasteiger partial charge in [0.25, 0.3) is 5.56 Å². The molecule has 0 unspecified atom stereocenters. The fourth-order valence-electron chi connectivity index (χ4n) is 4.21. The summed E-state index contributed by atoms with van der Waals surface area (Å²) < 4.78 is 32.8. The Balaban J connectivity index is 1.47. The molecule has 1 aliphatic heterocycles. The molecule has 0 aromatic carbocycles. The normalized spacial score (nSPS) is 19.3. The van der Waals surface area contributed by atoms with Crippen molar-refractivity contribution in [1.82, 2.24) is 23.8 Å². The van der Waals surface area contributed by atoms with Gasteiger partial charge in [0.2, 0.25) is 15.3 Å². The molecular weight excluding hydrogens is 456 g/mol. The van der Waals surface area contributed by atoms with Crippen molar-refractivity contribution < 1.29 is 13.2 Å². The number of aromatic nitrogens is 4. The lowest BCUT2D eigenvalue weighted by atomic mass is 9.98. The lowest BCUT2D eigenvalue weighted by Crippen LogP contribution is -2.41. The van der Waals surface area contributed by atoms with Gasteiger partial charge in [-0.25, -0.2) is 22.7 Å². The minimum atomic E-state index is -3.29. The van der Waals surface area contributed by atoms with Crippen LogP contribution in [0, 0.1) is 11.8 Å². The van der Waals surface area contributed by atoms with E-state index < -0.39 is 10.0 Å². The third kappa shape index (κ3) is 5.05. The van der Waals surface area contributed by atoms with E-state index in [1.54, 1.807) is 4.57 Å². The van der Waals surface area contributed by atoms with E-state index >= 15 is 0 Å². The van der Waals surface area contributed by atoms with Gasteiger partial charge in [-0.1, -0.05) is 0 Å². The molecule has 0 bridgehead atoms. The van der Waals surface area contributed by atoms with E-state index in [-0.39, 0.29) is 41.0 Å². The van der Waals surface area contributed by atoms with Gasteiger partial charge >= 0.3 is 0 Å². The van der Waals surface area contributed by atoms with Crippen LogP contribution in [-0.2, 0) is 14.8 Å². The maximum atomic E-state index is 13.3. The molecule has 1 aliphatic carbocycles. The molecule has 0 spiro atoms. The van der Waals surface area contributed by atoms with E-state index in [0.717, 1.165) is 25.7 Å². The van der Waals surface area contributed by atoms with E-state index in [2.05, 4.69) is 20.3 Å². The highest BCUT2D eigenvalue weighted by Gasteiger charge is 2.32. The van der Waals surface area contributed by atoms with Crippen LogP contribution in [0.2, 0.25) is 5.28 Å². The predicted molar refractivity (Wildman–Crippen MR) is 122 cm³/mol. The Hall–Kier alpha value is -1.82. The van der Waals surface area contributed by atoms with Gasteiger partial charge in [-0.15, -0.1) is 0 Å². The van der Waals surface area contributed by atoms with Crippen molar-refractivity contribution in [2.45, 2.75) is 38.6 Å². The van der Waals surface area contributed by atoms with Gasteiger partial charge in [0.1, 0.15) is 5.52 Å². The first-order chi connectivity index (χ1) is 15.3. The van der Waals surface area contributed by atoms with E-state index in [9.17, 15) is 13.2 Å². The maximum absolute atomic E-state index is 13.3. The van der Waals surface area contributed by atoms with Crippen LogP contribution < -0.4 is 10.9 Å². The molecule has 10 nitrogen and oxygen atoms in total. The summed E-state index contributed by atoms with van der Waals surface area (Å²) in [6.07, 6.45) is 5.15. The molecule has 2 aromatic rings. The van der Waals surface area contributed by atoms with Crippen molar-refractivity contribution in [2.24, 2.45) is 11.8 Å². The topological polar surface area (TPSA) is 119 Å². The van der Waals surface area contributed by atoms with Gasteiger partial charge in [0.15, 0.2) is 11.5 Å². The van der Waals surface area contributed by atoms with E-state index in [1.807, 2.05) is 6.92 Å². The summed E-state index contributed by atoms with van der Waals surface area (Å²) in [6.45, 7) is 3.71. The molecule has 2 aliphatic rings. The lowest BCUT2D eigenvalue weighted by molar-refractivity contribution is 0.213. The average molecular weight is 485 g/mol. The number of hydrogen-bond donors (Lipinski definition) is 1. The first-order valence-corrected chi connectivity index (χ1v) is 12.9. The third-order valence-electron chi connectivity index (χ3n) is 6.38. The van der Waals surface area contributed by atoms with Crippen molar-refractivity contribution in [2.75, 3.05) is 44.4 Å². The number of hydrogen-bond acceptors (Lipinski definition) is 8. The standard InChI is InChI=1S/C20H29ClN6O4S/c1-13(15-3-4-15)27-18-16(12-23-20(21)25-18)24-17(19(27)28)22-11-14-5-7-26(8-6-14)32(29,30)10-9-31-2/h12-15H,3-11H2,1-2H3,(H,22,24)/t13-/m0/s1. The molecule has 4 rings (SSSR count). The highest BCUT2D eigenvalue weighted by Crippen LogP contribution is 2.39. The van der Waals surface area contributed by atoms with E-state index in [4.69, 9.17) is 16.3 Å². The van der Waals surface area contributed by atoms with Crippen molar-refractivity contribution >= 4 is 38.6 Å². The number of ether oxygens (including phenoxy) is 1. The highest BCUT2D eigenvalue weighted by atomic mass is 35.5. The second kappa shape index (κ2) is 9.58. The van der Waals surface area contributed by atoms with Crippen molar-refractivity contribution in [3.63, 3.8) is 0 Å². The highest BCUT2D eigenvalue weighted by molar-refractivity contribution is 7.89. The molecule has 1 saturated carbocycles. The summed E-state index contributed by atoms with van der Waals surface area (Å²) in [6, 6.07) is 0.0000577. The smallest absolute Gasteiger partial charge is 0.295 e. The number of anilines is 1. The van der Waals surface area contributed by atoms with Gasteiger partial charge in [0.05, 0.1) is 18.6 Å². The average Bonchev–Trinajstić information content (AvgIpc) is 3.62. The van der Waals surface area contributed by atoms with Crippen LogP contribution >= 0.6 is 11.6 Å². The number of methoxy groups -OCH3 is 1. The minimum absolute atomic E-state index is 0.0000577. The zero-order valence-corrected chi connectivity index (χ0v) is 19.9. The van der Waals surface area contributed by atoms with Gasteiger partial charge in [-0.2, -0.15) is 4.98 Å². The number of nitrogens with zero attached hydrogens (tertiary/aromatic N) is 5. The number of sulfonamides is 1. The predicted octanol–water partition coefficient (Wildman–Crippen LogP) is 1.91. The first-order valence-electron chi connectivity index (χ1n) is 11.0. The summed E-state index contributed by atoms with van der Waals surface area (Å²) in [7, 11) is -1.80. The van der Waals surface area contributed by atoms with Gasteiger partial charge < -0.3 is 10.1 Å². The Bertz CT molecular complexity index is 1130. The van der Waals surface area contributed by atoms with Crippen LogP contribution in [0.3, 0.4) is 0 Å². The van der Waals surface area contributed by atoms with Crippen LogP contribution in [0.25, 0.3) is 11.2 Å². The number of piperidine rings is 1. The molecule has 2 fully saturated rings. The molecule has 12 heteroatoms. The summed E-state index contributed by atoms with van der Waals surface area (Å²) >= 11 is 5.98. The molecular formula is C20H29ClN6O4S. The van der Waals surface area contributed by atoms with Crippen LogP contribution in [0.5, 0.6) is 0 Å². The fraction of sp³-hybridized carbons (Fsp3) is 0.700. The van der Waals surface area contributed by atoms with Crippen molar-refractivity contribution in [3.8, 4) is 0 Å². The minimum Gasteiger partial charge on any atom is -0.384 e. The molecule has 32 heavy (non-hydrogen) atoms. The Morgan fingerprint density at radius 1 is 1.25 bits per heavy atom. The number of fused-ring (bicyclic) bond motifs is 1. The third-order valence-corrected chi connectivity index (χ3v) is 8.40. The van der Waals surface area contributed by atoms with Gasteiger partial charge in [-0.3, -0.25) is 9.36 Å². The number of nitrogens with one attached hydrogen (secondary N) is 1. The van der Waals surface area contributed by atoms with Gasteiger partial charge in [0, 0.05) is 32.8 Å². The summed E-state index contributed by atoms with van der Waals surface area (Å²) in [5, 5.41) is 3.30. The Morgan fingerprint density at radius 3 is 2.62 bits per heavy atom. The second-order valence-electron chi connectivity index (χ2n) is 8.59. The van der Waals surface area contributed by atoms with E-state index in [1.165, 1.54) is 17.6 Å². The molecule has 0 radical (unpaired) electrons. The zero-order valence-electron chi connectivity index (χ0n) is 18.3. The SMILES string of the molecule is COCCS(=O)(=O)N1CCC(CNc2nc3cnc(Cl)nc3n([C@@H](C)C3CC3)c2=O)CC1. The molecule has 176 valence electrons. The van der Waals surface area contributed by atoms with Crippen molar-refractivity contribution in [3.05, 3.63) is 21.8 Å². The van der Waals surface area contributed by atoms with Crippen molar-refractivity contribution in [1.29, 1.82) is 0 Å². The molecule has 1 saturated heterocycles. The molecule has 2 aromatic heterocycles. The molecule has 1 N–H and O–H groups in total. The second-order valence-corrected chi connectivity index (χ2v) is 11.0. The monoisotopic (exact) mass is 484 g/mol. The zero-order chi connectivity index (χ0) is 22.9.